The zero-order valence-electron chi connectivity index (χ0n) is 9.16. The second-order valence-electron chi connectivity index (χ2n) is 4.42. The van der Waals surface area contributed by atoms with Crippen molar-refractivity contribution in [3.8, 4) is 0 Å². The SMILES string of the molecule is Cc1cc(Br)cc(C(=O)NC2CC(N)C2)c1. The van der Waals surface area contributed by atoms with Crippen LogP contribution in [0.4, 0.5) is 0 Å². The number of nitrogens with two attached hydrogens (primary N) is 1. The first-order chi connectivity index (χ1) is 7.54. The highest BCUT2D eigenvalue weighted by atomic mass is 79.9. The molecule has 1 aromatic rings. The Balaban J connectivity index is 2.03. The lowest BCUT2D eigenvalue weighted by Crippen LogP contribution is -2.50. The monoisotopic (exact) mass is 282 g/mol. The molecule has 86 valence electrons. The molecule has 16 heavy (non-hydrogen) atoms. The van der Waals surface area contributed by atoms with Gasteiger partial charge in [-0.05, 0) is 43.5 Å². The highest BCUT2D eigenvalue weighted by Gasteiger charge is 2.27. The molecular weight excluding hydrogens is 268 g/mol. The minimum absolute atomic E-state index is 0.0127. The van der Waals surface area contributed by atoms with Crippen molar-refractivity contribution in [3.05, 3.63) is 33.8 Å². The maximum absolute atomic E-state index is 11.9. The molecule has 0 atom stereocenters. The van der Waals surface area contributed by atoms with E-state index in [1.54, 1.807) is 0 Å². The molecule has 3 nitrogen and oxygen atoms in total. The summed E-state index contributed by atoms with van der Waals surface area (Å²) >= 11 is 3.39. The minimum Gasteiger partial charge on any atom is -0.349 e. The van der Waals surface area contributed by atoms with Crippen molar-refractivity contribution < 1.29 is 4.79 Å². The van der Waals surface area contributed by atoms with E-state index in [4.69, 9.17) is 5.73 Å². The predicted octanol–water partition coefficient (Wildman–Crippen LogP) is 1.98. The second-order valence-corrected chi connectivity index (χ2v) is 5.33. The molecule has 2 rings (SSSR count). The number of aryl methyl sites for hydroxylation is 1. The Kier molecular flexibility index (Phi) is 3.30. The molecule has 0 aromatic heterocycles. The summed E-state index contributed by atoms with van der Waals surface area (Å²) in [6.45, 7) is 1.97. The van der Waals surface area contributed by atoms with Crippen LogP contribution in [0.3, 0.4) is 0 Å². The number of hydrogen-bond donors (Lipinski definition) is 2. The van der Waals surface area contributed by atoms with Gasteiger partial charge in [-0.15, -0.1) is 0 Å². The van der Waals surface area contributed by atoms with Crippen molar-refractivity contribution in [3.63, 3.8) is 0 Å². The Morgan fingerprint density at radius 1 is 1.44 bits per heavy atom. The fraction of sp³-hybridized carbons (Fsp3) is 0.417. The van der Waals surface area contributed by atoms with Crippen molar-refractivity contribution >= 4 is 21.8 Å². The van der Waals surface area contributed by atoms with Gasteiger partial charge in [-0.3, -0.25) is 4.79 Å². The zero-order valence-corrected chi connectivity index (χ0v) is 10.8. The van der Waals surface area contributed by atoms with Crippen LogP contribution in [-0.2, 0) is 0 Å². The Labute approximate surface area is 104 Å². The summed E-state index contributed by atoms with van der Waals surface area (Å²) in [5, 5.41) is 2.98. The molecule has 3 N–H and O–H groups in total. The van der Waals surface area contributed by atoms with E-state index in [1.807, 2.05) is 25.1 Å². The van der Waals surface area contributed by atoms with Crippen LogP contribution >= 0.6 is 15.9 Å². The third kappa shape index (κ3) is 2.62. The van der Waals surface area contributed by atoms with Crippen LogP contribution in [0.5, 0.6) is 0 Å². The molecule has 1 aliphatic rings. The van der Waals surface area contributed by atoms with Gasteiger partial charge in [0.2, 0.25) is 0 Å². The maximum atomic E-state index is 11.9. The quantitative estimate of drug-likeness (QED) is 0.872. The molecule has 0 saturated heterocycles. The molecule has 1 amide bonds. The number of carbonyl (C=O) groups excluding carboxylic acids is 1. The first-order valence-corrected chi connectivity index (χ1v) is 6.17. The highest BCUT2D eigenvalue weighted by molar-refractivity contribution is 9.10. The molecule has 4 heteroatoms. The van der Waals surface area contributed by atoms with E-state index in [2.05, 4.69) is 21.2 Å². The van der Waals surface area contributed by atoms with E-state index < -0.39 is 0 Å². The Morgan fingerprint density at radius 2 is 2.12 bits per heavy atom. The number of nitrogens with one attached hydrogen (secondary N) is 1. The molecule has 0 aliphatic heterocycles. The molecular formula is C12H15BrN2O. The second kappa shape index (κ2) is 4.55. The van der Waals surface area contributed by atoms with Gasteiger partial charge < -0.3 is 11.1 Å². The normalized spacial score (nSPS) is 23.7. The molecule has 0 radical (unpaired) electrons. The molecule has 0 spiro atoms. The van der Waals surface area contributed by atoms with Crippen molar-refractivity contribution in [2.24, 2.45) is 5.73 Å². The molecule has 1 aliphatic carbocycles. The molecule has 0 unspecified atom stereocenters. The van der Waals surface area contributed by atoms with E-state index >= 15 is 0 Å². The first kappa shape index (κ1) is 11.6. The van der Waals surface area contributed by atoms with Gasteiger partial charge in [0.05, 0.1) is 0 Å². The van der Waals surface area contributed by atoms with Crippen LogP contribution < -0.4 is 11.1 Å². The van der Waals surface area contributed by atoms with Gasteiger partial charge in [-0.1, -0.05) is 15.9 Å². The minimum atomic E-state index is -0.0127. The molecule has 1 saturated carbocycles. The average Bonchev–Trinajstić information content (AvgIpc) is 2.13. The number of hydrogen-bond acceptors (Lipinski definition) is 2. The van der Waals surface area contributed by atoms with Crippen LogP contribution in [0.1, 0.15) is 28.8 Å². The summed E-state index contributed by atoms with van der Waals surface area (Å²) in [6, 6.07) is 6.21. The lowest BCUT2D eigenvalue weighted by Gasteiger charge is -2.33. The summed E-state index contributed by atoms with van der Waals surface area (Å²) in [5.74, 6) is -0.0127. The molecule has 1 fully saturated rings. The number of halogens is 1. The number of rotatable bonds is 2. The van der Waals surface area contributed by atoms with Crippen LogP contribution in [0.2, 0.25) is 0 Å². The Bertz CT molecular complexity index is 393. The van der Waals surface area contributed by atoms with Gasteiger partial charge in [0.25, 0.3) is 5.91 Å². The number of benzene rings is 1. The summed E-state index contributed by atoms with van der Waals surface area (Å²) in [4.78, 5) is 11.9. The summed E-state index contributed by atoms with van der Waals surface area (Å²) < 4.78 is 0.933. The Morgan fingerprint density at radius 3 is 2.69 bits per heavy atom. The first-order valence-electron chi connectivity index (χ1n) is 5.38. The number of carbonyl (C=O) groups is 1. The number of amides is 1. The van der Waals surface area contributed by atoms with Gasteiger partial charge in [-0.25, -0.2) is 0 Å². The van der Waals surface area contributed by atoms with E-state index in [0.29, 0.717) is 5.56 Å². The third-order valence-electron chi connectivity index (χ3n) is 2.81. The summed E-state index contributed by atoms with van der Waals surface area (Å²) in [6.07, 6.45) is 1.78. The average molecular weight is 283 g/mol. The molecule has 0 bridgehead atoms. The van der Waals surface area contributed by atoms with Crippen molar-refractivity contribution in [2.45, 2.75) is 31.8 Å². The van der Waals surface area contributed by atoms with Crippen LogP contribution in [0.25, 0.3) is 0 Å². The summed E-state index contributed by atoms with van der Waals surface area (Å²) in [5.41, 5.74) is 7.45. The van der Waals surface area contributed by atoms with Crippen LogP contribution in [0, 0.1) is 6.92 Å². The lowest BCUT2D eigenvalue weighted by atomic mass is 9.87. The molecule has 1 aromatic carbocycles. The standard InChI is InChI=1S/C12H15BrN2O/c1-7-2-8(4-9(13)3-7)12(16)15-11-5-10(14)6-11/h2-4,10-11H,5-6,14H2,1H3,(H,15,16). The summed E-state index contributed by atoms with van der Waals surface area (Å²) in [7, 11) is 0. The van der Waals surface area contributed by atoms with Gasteiger partial charge in [-0.2, -0.15) is 0 Å². The third-order valence-corrected chi connectivity index (χ3v) is 3.27. The van der Waals surface area contributed by atoms with Gasteiger partial charge in [0.1, 0.15) is 0 Å². The van der Waals surface area contributed by atoms with Crippen molar-refractivity contribution in [1.29, 1.82) is 0 Å². The van der Waals surface area contributed by atoms with E-state index in [1.165, 1.54) is 0 Å². The highest BCUT2D eigenvalue weighted by Crippen LogP contribution is 2.19. The van der Waals surface area contributed by atoms with Crippen LogP contribution in [0.15, 0.2) is 22.7 Å². The Hall–Kier alpha value is -0.870. The van der Waals surface area contributed by atoms with Gasteiger partial charge >= 0.3 is 0 Å². The van der Waals surface area contributed by atoms with Gasteiger partial charge in [0, 0.05) is 22.1 Å². The largest absolute Gasteiger partial charge is 0.349 e. The lowest BCUT2D eigenvalue weighted by molar-refractivity contribution is 0.0910. The fourth-order valence-corrected chi connectivity index (χ4v) is 2.52. The zero-order chi connectivity index (χ0) is 11.7. The maximum Gasteiger partial charge on any atom is 0.251 e. The molecule has 0 heterocycles. The van der Waals surface area contributed by atoms with E-state index in [-0.39, 0.29) is 18.0 Å². The fourth-order valence-electron chi connectivity index (χ4n) is 1.92. The van der Waals surface area contributed by atoms with Gasteiger partial charge in [0.15, 0.2) is 0 Å². The van der Waals surface area contributed by atoms with E-state index in [9.17, 15) is 4.79 Å². The van der Waals surface area contributed by atoms with Crippen LogP contribution in [-0.4, -0.2) is 18.0 Å². The smallest absolute Gasteiger partial charge is 0.251 e. The predicted molar refractivity (Wildman–Crippen MR) is 67.3 cm³/mol. The van der Waals surface area contributed by atoms with Crippen molar-refractivity contribution in [1.82, 2.24) is 5.32 Å². The van der Waals surface area contributed by atoms with Crippen molar-refractivity contribution in [2.75, 3.05) is 0 Å². The topological polar surface area (TPSA) is 55.1 Å². The van der Waals surface area contributed by atoms with E-state index in [0.717, 1.165) is 22.9 Å².